The fourth-order valence-corrected chi connectivity index (χ4v) is 7.84. The topological polar surface area (TPSA) is 118 Å². The average molecular weight is 784 g/mol. The van der Waals surface area contributed by atoms with Crippen LogP contribution in [0.4, 0.5) is 10.5 Å². The van der Waals surface area contributed by atoms with Crippen molar-refractivity contribution in [3.63, 3.8) is 0 Å². The predicted molar refractivity (Wildman–Crippen MR) is 223 cm³/mol. The van der Waals surface area contributed by atoms with Gasteiger partial charge in [-0.05, 0) is 54.8 Å². The summed E-state index contributed by atoms with van der Waals surface area (Å²) in [5.41, 5.74) is 3.74. The van der Waals surface area contributed by atoms with Crippen molar-refractivity contribution in [3.05, 3.63) is 101 Å². The second-order valence-electron chi connectivity index (χ2n) is 15.8. The van der Waals surface area contributed by atoms with Gasteiger partial charge in [0.25, 0.3) is 5.91 Å². The van der Waals surface area contributed by atoms with Gasteiger partial charge in [0.2, 0.25) is 5.91 Å². The lowest BCUT2D eigenvalue weighted by molar-refractivity contribution is -0.276. The lowest BCUT2D eigenvalue weighted by Crippen LogP contribution is -2.45. The molecule has 0 aliphatic carbocycles. The van der Waals surface area contributed by atoms with E-state index in [1.54, 1.807) is 18.2 Å². The molecule has 0 radical (unpaired) electrons. The van der Waals surface area contributed by atoms with E-state index in [-0.39, 0.29) is 37.8 Å². The first-order valence-corrected chi connectivity index (χ1v) is 21.5. The highest BCUT2D eigenvalue weighted by molar-refractivity contribution is 6.22. The normalized spacial score (nSPS) is 21.0. The Labute approximate surface area is 340 Å². The van der Waals surface area contributed by atoms with Crippen LogP contribution in [0.15, 0.2) is 78.9 Å². The second kappa shape index (κ2) is 23.3. The molecule has 10 heteroatoms. The van der Waals surface area contributed by atoms with Crippen LogP contribution in [0.2, 0.25) is 0 Å². The Hall–Kier alpha value is -4.09. The number of rotatable bonds is 23. The van der Waals surface area contributed by atoms with Gasteiger partial charge in [0.15, 0.2) is 6.29 Å². The lowest BCUT2D eigenvalue weighted by atomic mass is 9.90. The number of hydrogen-bond acceptors (Lipinski definition) is 8. The number of aliphatic hydroxyl groups excluding tert-OH is 1. The number of nitrogens with one attached hydrogen (secondary N) is 1. The summed E-state index contributed by atoms with van der Waals surface area (Å²) < 4.78 is 19.0. The molecular formula is C47H65N3O7. The van der Waals surface area contributed by atoms with Gasteiger partial charge in [-0.25, -0.2) is 9.69 Å². The van der Waals surface area contributed by atoms with Crippen molar-refractivity contribution in [1.29, 1.82) is 0 Å². The molecule has 3 amide bonds. The number of carbonyl (C=O) groups excluding carboxylic acids is 3. The van der Waals surface area contributed by atoms with Crippen LogP contribution < -0.4 is 10.2 Å². The minimum Gasteiger partial charge on any atom is -0.445 e. The molecule has 0 spiro atoms. The maximum atomic E-state index is 13.6. The predicted octanol–water partition coefficient (Wildman–Crippen LogP) is 9.55. The molecule has 57 heavy (non-hydrogen) atoms. The SMILES string of the molecule is CCCCCCCCN(CCCCCCCC)C[C@H]1O[C@@H](c2cccc(N3C(=O)CC(NC(=O)OCc4ccccc4)C3=O)c2)O[C@@H](c2ccc(CO)cc2)[C@H]1C. The van der Waals surface area contributed by atoms with Crippen LogP contribution in [0.5, 0.6) is 0 Å². The van der Waals surface area contributed by atoms with Crippen molar-refractivity contribution in [2.24, 2.45) is 5.92 Å². The first kappa shape index (κ1) is 44.0. The monoisotopic (exact) mass is 783 g/mol. The number of unbranched alkanes of at least 4 members (excludes halogenated alkanes) is 10. The minimum atomic E-state index is -1.03. The van der Waals surface area contributed by atoms with E-state index in [0.29, 0.717) is 11.3 Å². The molecule has 2 heterocycles. The highest BCUT2D eigenvalue weighted by atomic mass is 16.7. The van der Waals surface area contributed by atoms with Gasteiger partial charge in [0, 0.05) is 18.0 Å². The number of benzene rings is 3. The summed E-state index contributed by atoms with van der Waals surface area (Å²) >= 11 is 0. The Morgan fingerprint density at radius 2 is 1.44 bits per heavy atom. The van der Waals surface area contributed by atoms with Crippen molar-refractivity contribution >= 4 is 23.6 Å². The fraction of sp³-hybridized carbons (Fsp3) is 0.553. The number of hydrogen-bond donors (Lipinski definition) is 2. The summed E-state index contributed by atoms with van der Waals surface area (Å²) in [6, 6.07) is 23.3. The number of nitrogens with zero attached hydrogens (tertiary/aromatic N) is 2. The summed E-state index contributed by atoms with van der Waals surface area (Å²) in [5, 5.41) is 12.3. The Morgan fingerprint density at radius 3 is 2.09 bits per heavy atom. The standard InChI is InChI=1S/C47H65N3O7/c1-4-6-8-10-12-17-28-49(29-18-13-11-9-7-5-2)32-42-35(3)44(38-26-24-36(33-51)25-27-38)57-46(56-42)39-22-19-23-40(30-39)50-43(52)31-41(45(50)53)48-47(54)55-34-37-20-15-14-16-21-37/h14-16,19-27,30,35,41-42,44,46,51H,4-13,17-18,28-29,31-34H2,1-3H3,(H,48,54)/t35-,41?,42+,44+,46+/m0/s1. The fourth-order valence-electron chi connectivity index (χ4n) is 7.84. The van der Waals surface area contributed by atoms with Crippen molar-refractivity contribution in [3.8, 4) is 0 Å². The van der Waals surface area contributed by atoms with E-state index >= 15 is 0 Å². The first-order chi connectivity index (χ1) is 27.8. The molecule has 3 aromatic rings. The van der Waals surface area contributed by atoms with Gasteiger partial charge >= 0.3 is 6.09 Å². The van der Waals surface area contributed by atoms with Crippen LogP contribution in [-0.2, 0) is 37.0 Å². The van der Waals surface area contributed by atoms with E-state index in [2.05, 4.69) is 31.0 Å². The number of aliphatic hydroxyl groups is 1. The van der Waals surface area contributed by atoms with Crippen molar-refractivity contribution < 1.29 is 33.7 Å². The molecule has 2 fully saturated rings. The van der Waals surface area contributed by atoms with Crippen LogP contribution >= 0.6 is 0 Å². The number of amides is 3. The van der Waals surface area contributed by atoms with Gasteiger partial charge in [-0.1, -0.05) is 152 Å². The molecule has 3 aromatic carbocycles. The Kier molecular flexibility index (Phi) is 18.0. The molecule has 0 bridgehead atoms. The molecule has 0 saturated carbocycles. The third-order valence-corrected chi connectivity index (χ3v) is 11.3. The van der Waals surface area contributed by atoms with Crippen LogP contribution in [0.3, 0.4) is 0 Å². The third-order valence-electron chi connectivity index (χ3n) is 11.3. The zero-order valence-corrected chi connectivity index (χ0v) is 34.4. The zero-order chi connectivity index (χ0) is 40.4. The maximum Gasteiger partial charge on any atom is 0.408 e. The Bertz CT molecular complexity index is 1650. The van der Waals surface area contributed by atoms with Crippen molar-refractivity contribution in [2.45, 2.75) is 142 Å². The molecule has 2 N–H and O–H groups in total. The van der Waals surface area contributed by atoms with E-state index in [1.165, 1.54) is 64.2 Å². The Balaban J connectivity index is 1.31. The molecule has 1 unspecified atom stereocenters. The summed E-state index contributed by atoms with van der Waals surface area (Å²) in [6.07, 6.45) is 12.8. The summed E-state index contributed by atoms with van der Waals surface area (Å²) in [4.78, 5) is 43.2. The number of anilines is 1. The summed E-state index contributed by atoms with van der Waals surface area (Å²) in [6.45, 7) is 9.54. The highest BCUT2D eigenvalue weighted by Crippen LogP contribution is 2.42. The third kappa shape index (κ3) is 13.2. The number of ether oxygens (including phenoxy) is 3. The van der Waals surface area contributed by atoms with E-state index in [0.717, 1.165) is 54.1 Å². The molecule has 5 atom stereocenters. The molecule has 10 nitrogen and oxygen atoms in total. The van der Waals surface area contributed by atoms with E-state index in [4.69, 9.17) is 14.2 Å². The molecule has 5 rings (SSSR count). The highest BCUT2D eigenvalue weighted by Gasteiger charge is 2.42. The van der Waals surface area contributed by atoms with Crippen molar-refractivity contribution in [2.75, 3.05) is 24.5 Å². The van der Waals surface area contributed by atoms with Gasteiger partial charge in [-0.15, -0.1) is 0 Å². The summed E-state index contributed by atoms with van der Waals surface area (Å²) in [5.74, 6) is -0.909. The second-order valence-corrected chi connectivity index (χ2v) is 15.8. The minimum absolute atomic E-state index is 0.0243. The maximum absolute atomic E-state index is 13.6. The molecular weight excluding hydrogens is 719 g/mol. The molecule has 2 saturated heterocycles. The number of imide groups is 1. The zero-order valence-electron chi connectivity index (χ0n) is 34.4. The molecule has 0 aromatic heterocycles. The number of alkyl carbamates (subject to hydrolysis) is 1. The summed E-state index contributed by atoms with van der Waals surface area (Å²) in [7, 11) is 0. The van der Waals surface area contributed by atoms with Crippen molar-refractivity contribution in [1.82, 2.24) is 10.2 Å². The largest absolute Gasteiger partial charge is 0.445 e. The molecule has 2 aliphatic heterocycles. The number of carbonyl (C=O) groups is 3. The van der Waals surface area contributed by atoms with Crippen LogP contribution in [-0.4, -0.2) is 59.7 Å². The lowest BCUT2D eigenvalue weighted by Gasteiger charge is -2.43. The van der Waals surface area contributed by atoms with Crippen LogP contribution in [0, 0.1) is 5.92 Å². The van der Waals surface area contributed by atoms with E-state index < -0.39 is 30.2 Å². The van der Waals surface area contributed by atoms with E-state index in [1.807, 2.05) is 60.7 Å². The van der Waals surface area contributed by atoms with Gasteiger partial charge < -0.3 is 29.5 Å². The Morgan fingerprint density at radius 1 is 0.789 bits per heavy atom. The van der Waals surface area contributed by atoms with Crippen LogP contribution in [0.25, 0.3) is 0 Å². The average Bonchev–Trinajstić information content (AvgIpc) is 3.51. The molecule has 2 aliphatic rings. The van der Waals surface area contributed by atoms with Crippen LogP contribution in [0.1, 0.15) is 139 Å². The molecule has 310 valence electrons. The van der Waals surface area contributed by atoms with Gasteiger partial charge in [-0.3, -0.25) is 9.59 Å². The van der Waals surface area contributed by atoms with Gasteiger partial charge in [0.1, 0.15) is 12.6 Å². The first-order valence-electron chi connectivity index (χ1n) is 21.5. The van der Waals surface area contributed by atoms with Gasteiger partial charge in [0.05, 0.1) is 30.9 Å². The van der Waals surface area contributed by atoms with E-state index in [9.17, 15) is 19.5 Å². The smallest absolute Gasteiger partial charge is 0.408 e. The quantitative estimate of drug-likeness (QED) is 0.0722. The van der Waals surface area contributed by atoms with Gasteiger partial charge in [-0.2, -0.15) is 0 Å².